The van der Waals surface area contributed by atoms with Crippen LogP contribution in [0.4, 0.5) is 5.69 Å². The van der Waals surface area contributed by atoms with Crippen molar-refractivity contribution in [2.75, 3.05) is 0 Å². The van der Waals surface area contributed by atoms with Gasteiger partial charge in [0.05, 0.1) is 16.7 Å². The van der Waals surface area contributed by atoms with Crippen molar-refractivity contribution < 1.29 is 14.8 Å². The summed E-state index contributed by atoms with van der Waals surface area (Å²) in [6.07, 6.45) is 3.56. The number of nitro groups is 1. The van der Waals surface area contributed by atoms with Gasteiger partial charge in [-0.1, -0.05) is 0 Å². The van der Waals surface area contributed by atoms with Gasteiger partial charge in [0.2, 0.25) is 0 Å². The molecule has 0 unspecified atom stereocenters. The Bertz CT molecular complexity index is 614. The number of aromatic carboxylic acids is 1. The average molecular weight is 251 g/mol. The Balaban J connectivity index is 2.51. The quantitative estimate of drug-likeness (QED) is 0.631. The van der Waals surface area contributed by atoms with Crippen molar-refractivity contribution in [1.29, 1.82) is 0 Å². The van der Waals surface area contributed by atoms with E-state index in [9.17, 15) is 14.9 Å². The summed E-state index contributed by atoms with van der Waals surface area (Å²) < 4.78 is 2.46. The highest BCUT2D eigenvalue weighted by atomic mass is 16.6. The largest absolute Gasteiger partial charge is 0.478 e. The molecule has 2 heterocycles. The third-order valence-electron chi connectivity index (χ3n) is 2.29. The summed E-state index contributed by atoms with van der Waals surface area (Å²) in [6, 6.07) is 0. The molecule has 0 radical (unpaired) electrons. The molecule has 9 heteroatoms. The number of carboxylic acids is 1. The van der Waals surface area contributed by atoms with Crippen molar-refractivity contribution in [2.24, 2.45) is 0 Å². The molecule has 2 aromatic rings. The van der Waals surface area contributed by atoms with E-state index < -0.39 is 10.9 Å². The lowest BCUT2D eigenvalue weighted by Gasteiger charge is -1.94. The van der Waals surface area contributed by atoms with Gasteiger partial charge in [-0.2, -0.15) is 5.10 Å². The maximum Gasteiger partial charge on any atom is 0.338 e. The number of aryl methyl sites for hydroxylation is 1. The Hall–Kier alpha value is -2.71. The average Bonchev–Trinajstić information content (AvgIpc) is 2.95. The number of carboxylic acid groups (broad SMARTS) is 1. The second-order valence-corrected chi connectivity index (χ2v) is 3.43. The van der Waals surface area contributed by atoms with Crippen molar-refractivity contribution in [2.45, 2.75) is 13.5 Å². The molecule has 0 aliphatic heterocycles. The number of rotatable bonds is 4. The maximum absolute atomic E-state index is 10.9. The van der Waals surface area contributed by atoms with Crippen LogP contribution in [0.2, 0.25) is 0 Å². The van der Waals surface area contributed by atoms with Gasteiger partial charge in [-0.05, 0) is 6.92 Å². The lowest BCUT2D eigenvalue weighted by atomic mass is 10.4. The first kappa shape index (κ1) is 11.8. The second kappa shape index (κ2) is 4.28. The minimum Gasteiger partial charge on any atom is -0.478 e. The fraction of sp³-hybridized carbons (Fsp3) is 0.222. The van der Waals surface area contributed by atoms with Gasteiger partial charge in [-0.3, -0.25) is 14.8 Å². The summed E-state index contributed by atoms with van der Waals surface area (Å²) >= 11 is 0. The fourth-order valence-electron chi connectivity index (χ4n) is 1.40. The van der Waals surface area contributed by atoms with Crippen molar-refractivity contribution in [3.05, 3.63) is 34.3 Å². The Morgan fingerprint density at radius 3 is 2.78 bits per heavy atom. The van der Waals surface area contributed by atoms with E-state index in [1.165, 1.54) is 17.1 Å². The summed E-state index contributed by atoms with van der Waals surface area (Å²) in [5.74, 6) is -1.16. The minimum absolute atomic E-state index is 0.00523. The molecule has 0 saturated carbocycles. The Morgan fingerprint density at radius 1 is 1.56 bits per heavy atom. The lowest BCUT2D eigenvalue weighted by molar-refractivity contribution is -0.384. The molecule has 18 heavy (non-hydrogen) atoms. The van der Waals surface area contributed by atoms with Crippen molar-refractivity contribution >= 4 is 11.7 Å². The highest BCUT2D eigenvalue weighted by molar-refractivity contribution is 5.87. The van der Waals surface area contributed by atoms with Gasteiger partial charge in [0, 0.05) is 12.7 Å². The molecule has 9 nitrogen and oxygen atoms in total. The van der Waals surface area contributed by atoms with Crippen molar-refractivity contribution in [1.82, 2.24) is 19.6 Å². The van der Waals surface area contributed by atoms with E-state index in [1.807, 2.05) is 0 Å². The molecule has 2 rings (SSSR count). The van der Waals surface area contributed by atoms with E-state index in [-0.39, 0.29) is 17.1 Å². The van der Waals surface area contributed by atoms with E-state index in [2.05, 4.69) is 10.2 Å². The first-order valence-electron chi connectivity index (χ1n) is 5.03. The summed E-state index contributed by atoms with van der Waals surface area (Å²) in [6.45, 7) is 2.25. The number of hydrogen-bond donors (Lipinski definition) is 1. The molecule has 0 amide bonds. The summed E-state index contributed by atoms with van der Waals surface area (Å²) in [7, 11) is 0. The Labute approximate surface area is 100 Å². The van der Waals surface area contributed by atoms with Crippen LogP contribution in [0, 0.1) is 10.1 Å². The van der Waals surface area contributed by atoms with Gasteiger partial charge in [-0.25, -0.2) is 9.48 Å². The number of hydrogen-bond acceptors (Lipinski definition) is 5. The van der Waals surface area contributed by atoms with Crippen LogP contribution >= 0.6 is 0 Å². The molecular weight excluding hydrogens is 242 g/mol. The predicted octanol–water partition coefficient (Wildman–Crippen LogP) is 0.695. The lowest BCUT2D eigenvalue weighted by Crippen LogP contribution is -2.01. The van der Waals surface area contributed by atoms with Crippen LogP contribution in [0.5, 0.6) is 0 Å². The Morgan fingerprint density at radius 2 is 2.28 bits per heavy atom. The highest BCUT2D eigenvalue weighted by Gasteiger charge is 2.22. The minimum atomic E-state index is -1.15. The van der Waals surface area contributed by atoms with Crippen LogP contribution in [0.25, 0.3) is 5.82 Å². The zero-order valence-electron chi connectivity index (χ0n) is 9.35. The van der Waals surface area contributed by atoms with Crippen LogP contribution in [0.15, 0.2) is 18.6 Å². The molecule has 0 atom stereocenters. The zero-order chi connectivity index (χ0) is 13.3. The van der Waals surface area contributed by atoms with Gasteiger partial charge in [0.15, 0.2) is 0 Å². The standard InChI is InChI=1S/C9H9N5O4/c1-2-12-5-7(14(17)18)8(11-12)13-4-6(3-10-13)9(15)16/h3-5H,2H2,1H3,(H,15,16). The topological polar surface area (TPSA) is 116 Å². The van der Waals surface area contributed by atoms with Crippen LogP contribution < -0.4 is 0 Å². The van der Waals surface area contributed by atoms with Crippen molar-refractivity contribution in [3.8, 4) is 5.82 Å². The van der Waals surface area contributed by atoms with Gasteiger partial charge in [0.1, 0.15) is 6.20 Å². The second-order valence-electron chi connectivity index (χ2n) is 3.43. The van der Waals surface area contributed by atoms with E-state index in [1.54, 1.807) is 6.92 Å². The summed E-state index contributed by atoms with van der Waals surface area (Å²) in [4.78, 5) is 21.0. The van der Waals surface area contributed by atoms with Crippen LogP contribution in [0.3, 0.4) is 0 Å². The van der Waals surface area contributed by atoms with Crippen LogP contribution in [-0.4, -0.2) is 35.6 Å². The van der Waals surface area contributed by atoms with Gasteiger partial charge < -0.3 is 5.11 Å². The van der Waals surface area contributed by atoms with Gasteiger partial charge >= 0.3 is 11.7 Å². The highest BCUT2D eigenvalue weighted by Crippen LogP contribution is 2.20. The molecule has 0 fully saturated rings. The third kappa shape index (κ3) is 1.93. The summed E-state index contributed by atoms with van der Waals surface area (Å²) in [5, 5.41) is 27.4. The molecule has 0 saturated heterocycles. The smallest absolute Gasteiger partial charge is 0.338 e. The maximum atomic E-state index is 10.9. The molecule has 0 aromatic carbocycles. The normalized spacial score (nSPS) is 10.5. The monoisotopic (exact) mass is 251 g/mol. The third-order valence-corrected chi connectivity index (χ3v) is 2.29. The molecule has 0 aliphatic rings. The van der Waals surface area contributed by atoms with Gasteiger partial charge in [-0.15, -0.1) is 5.10 Å². The van der Waals surface area contributed by atoms with Gasteiger partial charge in [0.25, 0.3) is 5.82 Å². The first-order valence-corrected chi connectivity index (χ1v) is 5.03. The van der Waals surface area contributed by atoms with E-state index in [0.717, 1.165) is 10.9 Å². The SMILES string of the molecule is CCn1cc([N+](=O)[O-])c(-n2cc(C(=O)O)cn2)n1. The molecule has 94 valence electrons. The van der Waals surface area contributed by atoms with E-state index >= 15 is 0 Å². The molecule has 1 N–H and O–H groups in total. The van der Waals surface area contributed by atoms with Crippen LogP contribution in [-0.2, 0) is 6.54 Å². The van der Waals surface area contributed by atoms with E-state index in [0.29, 0.717) is 6.54 Å². The first-order chi connectivity index (χ1) is 8.52. The molecule has 0 spiro atoms. The number of aromatic nitrogens is 4. The number of nitrogens with zero attached hydrogens (tertiary/aromatic N) is 5. The molecule has 2 aromatic heterocycles. The fourth-order valence-corrected chi connectivity index (χ4v) is 1.40. The van der Waals surface area contributed by atoms with Crippen molar-refractivity contribution in [3.63, 3.8) is 0 Å². The Kier molecular flexibility index (Phi) is 2.80. The summed E-state index contributed by atoms with van der Waals surface area (Å²) in [5.41, 5.74) is -0.285. The van der Waals surface area contributed by atoms with Crippen LogP contribution in [0.1, 0.15) is 17.3 Å². The zero-order valence-corrected chi connectivity index (χ0v) is 9.35. The predicted molar refractivity (Wildman–Crippen MR) is 58.6 cm³/mol. The molecule has 0 bridgehead atoms. The molecular formula is C9H9N5O4. The number of carbonyl (C=O) groups is 1. The molecule has 0 aliphatic carbocycles. The van der Waals surface area contributed by atoms with E-state index in [4.69, 9.17) is 5.11 Å².